The van der Waals surface area contributed by atoms with Gasteiger partial charge in [-0.15, -0.1) is 12.3 Å². The number of fused-ring (bicyclic) bond motifs is 1. The fraction of sp³-hybridized carbons (Fsp3) is 0.214. The van der Waals surface area contributed by atoms with Crippen LogP contribution in [0.1, 0.15) is 17.7 Å². The second-order valence-corrected chi connectivity index (χ2v) is 3.68. The Hall–Kier alpha value is -1.81. The van der Waals surface area contributed by atoms with Crippen molar-refractivity contribution < 1.29 is 0 Å². The quantitative estimate of drug-likeness (QED) is 0.671. The van der Waals surface area contributed by atoms with Crippen LogP contribution >= 0.6 is 0 Å². The molecule has 0 unspecified atom stereocenters. The summed E-state index contributed by atoms with van der Waals surface area (Å²) in [4.78, 5) is 4.46. The molecule has 0 saturated heterocycles. The Morgan fingerprint density at radius 3 is 2.93 bits per heavy atom. The minimum Gasteiger partial charge on any atom is -0.253 e. The number of aromatic nitrogens is 1. The molecule has 0 radical (unpaired) electrons. The Bertz CT molecular complexity index is 520. The highest BCUT2D eigenvalue weighted by atomic mass is 14.7. The van der Waals surface area contributed by atoms with E-state index in [4.69, 9.17) is 6.42 Å². The van der Waals surface area contributed by atoms with Crippen LogP contribution in [0.2, 0.25) is 0 Å². The lowest BCUT2D eigenvalue weighted by Gasteiger charge is -2.02. The SMILES string of the molecule is C#CCCc1ccc2nc(C)ccc2c1. The summed E-state index contributed by atoms with van der Waals surface area (Å²) in [6, 6.07) is 10.5. The molecule has 2 rings (SSSR count). The Balaban J connectivity index is 2.40. The Morgan fingerprint density at radius 2 is 2.13 bits per heavy atom. The van der Waals surface area contributed by atoms with Crippen molar-refractivity contribution >= 4 is 10.9 Å². The number of benzene rings is 1. The molecule has 1 heterocycles. The van der Waals surface area contributed by atoms with Gasteiger partial charge in [-0.2, -0.15) is 0 Å². The Labute approximate surface area is 90.2 Å². The molecule has 1 nitrogen and oxygen atoms in total. The van der Waals surface area contributed by atoms with Crippen molar-refractivity contribution in [3.05, 3.63) is 41.6 Å². The summed E-state index contributed by atoms with van der Waals surface area (Å²) in [7, 11) is 0. The molecule has 15 heavy (non-hydrogen) atoms. The smallest absolute Gasteiger partial charge is 0.0705 e. The maximum Gasteiger partial charge on any atom is 0.0705 e. The fourth-order valence-corrected chi connectivity index (χ4v) is 1.65. The average molecular weight is 195 g/mol. The van der Waals surface area contributed by atoms with Crippen LogP contribution in [0.15, 0.2) is 30.3 Å². The molecule has 0 N–H and O–H groups in total. The van der Waals surface area contributed by atoms with Crippen LogP contribution in [-0.4, -0.2) is 4.98 Å². The van der Waals surface area contributed by atoms with Gasteiger partial charge < -0.3 is 0 Å². The lowest BCUT2D eigenvalue weighted by atomic mass is 10.1. The normalized spacial score (nSPS) is 10.1. The van der Waals surface area contributed by atoms with Gasteiger partial charge in [0.1, 0.15) is 0 Å². The molecule has 0 fully saturated rings. The topological polar surface area (TPSA) is 12.9 Å². The monoisotopic (exact) mass is 195 g/mol. The number of rotatable bonds is 2. The minimum atomic E-state index is 0.796. The molecule has 0 amide bonds. The van der Waals surface area contributed by atoms with E-state index in [-0.39, 0.29) is 0 Å². The third-order valence-electron chi connectivity index (χ3n) is 2.45. The number of pyridine rings is 1. The first-order valence-electron chi connectivity index (χ1n) is 5.09. The van der Waals surface area contributed by atoms with Crippen molar-refractivity contribution in [2.45, 2.75) is 19.8 Å². The van der Waals surface area contributed by atoms with Crippen LogP contribution in [0, 0.1) is 19.3 Å². The Kier molecular flexibility index (Phi) is 2.69. The van der Waals surface area contributed by atoms with E-state index in [0.29, 0.717) is 0 Å². The van der Waals surface area contributed by atoms with E-state index in [0.717, 1.165) is 24.1 Å². The van der Waals surface area contributed by atoms with Gasteiger partial charge in [0.15, 0.2) is 0 Å². The summed E-state index contributed by atoms with van der Waals surface area (Å²) in [5.74, 6) is 2.66. The number of hydrogen-bond acceptors (Lipinski definition) is 1. The summed E-state index contributed by atoms with van der Waals surface area (Å²) in [5.41, 5.74) is 3.39. The summed E-state index contributed by atoms with van der Waals surface area (Å²) in [6.45, 7) is 2.01. The zero-order valence-electron chi connectivity index (χ0n) is 8.83. The molecule has 0 saturated carbocycles. The largest absolute Gasteiger partial charge is 0.253 e. The van der Waals surface area contributed by atoms with E-state index in [9.17, 15) is 0 Å². The molecule has 1 aromatic carbocycles. The predicted octanol–water partition coefficient (Wildman–Crippen LogP) is 3.11. The van der Waals surface area contributed by atoms with Gasteiger partial charge in [0.25, 0.3) is 0 Å². The van der Waals surface area contributed by atoms with E-state index in [1.165, 1.54) is 10.9 Å². The van der Waals surface area contributed by atoms with Crippen molar-refractivity contribution in [1.82, 2.24) is 4.98 Å². The van der Waals surface area contributed by atoms with E-state index in [1.54, 1.807) is 0 Å². The molecule has 0 aliphatic carbocycles. The van der Waals surface area contributed by atoms with Crippen molar-refractivity contribution in [1.29, 1.82) is 0 Å². The number of hydrogen-bond donors (Lipinski definition) is 0. The number of nitrogens with zero attached hydrogens (tertiary/aromatic N) is 1. The van der Waals surface area contributed by atoms with Crippen LogP contribution in [0.4, 0.5) is 0 Å². The maximum absolute atomic E-state index is 5.25. The first-order chi connectivity index (χ1) is 7.29. The lowest BCUT2D eigenvalue weighted by Crippen LogP contribution is -1.87. The summed E-state index contributed by atoms with van der Waals surface area (Å²) in [6.07, 6.45) is 6.99. The lowest BCUT2D eigenvalue weighted by molar-refractivity contribution is 1.03. The molecule has 0 aliphatic rings. The van der Waals surface area contributed by atoms with E-state index in [1.807, 2.05) is 13.0 Å². The first kappa shape index (κ1) is 9.73. The molecule has 0 aliphatic heterocycles. The van der Waals surface area contributed by atoms with Gasteiger partial charge in [0.05, 0.1) is 5.52 Å². The van der Waals surface area contributed by atoms with Gasteiger partial charge in [-0.05, 0) is 37.1 Å². The summed E-state index contributed by atoms with van der Waals surface area (Å²) in [5, 5.41) is 1.19. The van der Waals surface area contributed by atoms with Gasteiger partial charge >= 0.3 is 0 Å². The van der Waals surface area contributed by atoms with Gasteiger partial charge in [0, 0.05) is 17.5 Å². The Morgan fingerprint density at radius 1 is 1.27 bits per heavy atom. The summed E-state index contributed by atoms with van der Waals surface area (Å²) < 4.78 is 0. The third kappa shape index (κ3) is 2.16. The minimum absolute atomic E-state index is 0.796. The first-order valence-corrected chi connectivity index (χ1v) is 5.09. The number of aryl methyl sites for hydroxylation is 2. The highest BCUT2D eigenvalue weighted by Gasteiger charge is 1.97. The highest BCUT2D eigenvalue weighted by Crippen LogP contribution is 2.15. The maximum atomic E-state index is 5.25. The predicted molar refractivity (Wildman–Crippen MR) is 63.6 cm³/mol. The molecular formula is C14H13N. The van der Waals surface area contributed by atoms with Crippen LogP contribution in [0.25, 0.3) is 10.9 Å². The van der Waals surface area contributed by atoms with Crippen LogP contribution in [-0.2, 0) is 6.42 Å². The van der Waals surface area contributed by atoms with Crippen LogP contribution in [0.3, 0.4) is 0 Å². The molecule has 0 bridgehead atoms. The molecule has 74 valence electrons. The van der Waals surface area contributed by atoms with Gasteiger partial charge in [-0.3, -0.25) is 4.98 Å². The van der Waals surface area contributed by atoms with Gasteiger partial charge in [-0.25, -0.2) is 0 Å². The van der Waals surface area contributed by atoms with Crippen LogP contribution < -0.4 is 0 Å². The van der Waals surface area contributed by atoms with E-state index >= 15 is 0 Å². The van der Waals surface area contributed by atoms with Crippen molar-refractivity contribution in [3.8, 4) is 12.3 Å². The average Bonchev–Trinajstić information content (AvgIpc) is 2.26. The molecule has 1 heteroatoms. The van der Waals surface area contributed by atoms with E-state index in [2.05, 4.69) is 35.2 Å². The van der Waals surface area contributed by atoms with E-state index < -0.39 is 0 Å². The second kappa shape index (κ2) is 4.14. The zero-order chi connectivity index (χ0) is 10.7. The second-order valence-electron chi connectivity index (χ2n) is 3.68. The van der Waals surface area contributed by atoms with Crippen LogP contribution in [0.5, 0.6) is 0 Å². The summed E-state index contributed by atoms with van der Waals surface area (Å²) >= 11 is 0. The zero-order valence-corrected chi connectivity index (χ0v) is 8.83. The molecular weight excluding hydrogens is 182 g/mol. The number of terminal acetylenes is 1. The molecule has 1 aromatic heterocycles. The van der Waals surface area contributed by atoms with Crippen molar-refractivity contribution in [2.75, 3.05) is 0 Å². The van der Waals surface area contributed by atoms with Crippen molar-refractivity contribution in [3.63, 3.8) is 0 Å². The van der Waals surface area contributed by atoms with Crippen molar-refractivity contribution in [2.24, 2.45) is 0 Å². The van der Waals surface area contributed by atoms with Gasteiger partial charge in [0.2, 0.25) is 0 Å². The molecule has 0 spiro atoms. The standard InChI is InChI=1S/C14H13N/c1-3-4-5-12-7-9-14-13(10-12)8-6-11(2)15-14/h1,6-10H,4-5H2,2H3. The highest BCUT2D eigenvalue weighted by molar-refractivity contribution is 5.79. The fourth-order valence-electron chi connectivity index (χ4n) is 1.65. The molecule has 2 aromatic rings. The third-order valence-corrected chi connectivity index (χ3v) is 2.45. The van der Waals surface area contributed by atoms with Gasteiger partial charge in [-0.1, -0.05) is 12.1 Å². The molecule has 0 atom stereocenters.